The standard InChI is InChI=1S/C14H23N3O/c15-7-3-11-18-14-5-9-17(10-6-14)12-13-4-1-2-8-16-13/h1-2,4,8,14H,3,5-7,9-12,15H2. The van der Waals surface area contributed by atoms with Gasteiger partial charge in [-0.1, -0.05) is 6.07 Å². The molecule has 1 saturated heterocycles. The molecule has 1 aliphatic heterocycles. The maximum atomic E-state index is 5.80. The van der Waals surface area contributed by atoms with Crippen molar-refractivity contribution >= 4 is 0 Å². The number of pyridine rings is 1. The van der Waals surface area contributed by atoms with Gasteiger partial charge in [-0.05, 0) is 37.9 Å². The number of ether oxygens (including phenoxy) is 1. The van der Waals surface area contributed by atoms with E-state index in [0.717, 1.165) is 57.7 Å². The number of rotatable bonds is 6. The molecule has 1 aromatic heterocycles. The molecule has 2 rings (SSSR count). The quantitative estimate of drug-likeness (QED) is 0.775. The molecule has 4 heteroatoms. The van der Waals surface area contributed by atoms with Gasteiger partial charge in [-0.15, -0.1) is 0 Å². The lowest BCUT2D eigenvalue weighted by molar-refractivity contribution is 0.00540. The number of nitrogens with two attached hydrogens (primary N) is 1. The fourth-order valence-electron chi connectivity index (χ4n) is 2.29. The van der Waals surface area contributed by atoms with E-state index in [1.54, 1.807) is 0 Å². The van der Waals surface area contributed by atoms with E-state index in [9.17, 15) is 0 Å². The summed E-state index contributed by atoms with van der Waals surface area (Å²) in [6.45, 7) is 4.68. The van der Waals surface area contributed by atoms with E-state index in [4.69, 9.17) is 10.5 Å². The van der Waals surface area contributed by atoms with E-state index in [1.165, 1.54) is 0 Å². The molecule has 1 aliphatic rings. The molecule has 0 spiro atoms. The molecule has 4 nitrogen and oxygen atoms in total. The van der Waals surface area contributed by atoms with Crippen LogP contribution < -0.4 is 5.73 Å². The lowest BCUT2D eigenvalue weighted by atomic mass is 10.1. The Bertz CT molecular complexity index is 323. The molecule has 1 aromatic rings. The van der Waals surface area contributed by atoms with Crippen LogP contribution in [0.5, 0.6) is 0 Å². The van der Waals surface area contributed by atoms with E-state index < -0.39 is 0 Å². The fourth-order valence-corrected chi connectivity index (χ4v) is 2.29. The highest BCUT2D eigenvalue weighted by atomic mass is 16.5. The van der Waals surface area contributed by atoms with Crippen LogP contribution in [0.1, 0.15) is 25.0 Å². The Kier molecular flexibility index (Phi) is 5.58. The van der Waals surface area contributed by atoms with Gasteiger partial charge < -0.3 is 10.5 Å². The summed E-state index contributed by atoms with van der Waals surface area (Å²) in [6.07, 6.45) is 5.50. The van der Waals surface area contributed by atoms with Crippen LogP contribution in [0, 0.1) is 0 Å². The second-order valence-corrected chi connectivity index (χ2v) is 4.81. The Hall–Kier alpha value is -0.970. The molecule has 0 aliphatic carbocycles. The minimum atomic E-state index is 0.427. The van der Waals surface area contributed by atoms with Crippen LogP contribution in [-0.4, -0.2) is 42.2 Å². The van der Waals surface area contributed by atoms with Crippen molar-refractivity contribution in [1.82, 2.24) is 9.88 Å². The first-order valence-corrected chi connectivity index (χ1v) is 6.82. The first-order chi connectivity index (χ1) is 8.88. The monoisotopic (exact) mass is 249 g/mol. The van der Waals surface area contributed by atoms with Crippen LogP contribution in [-0.2, 0) is 11.3 Å². The highest BCUT2D eigenvalue weighted by Gasteiger charge is 2.19. The summed E-state index contributed by atoms with van der Waals surface area (Å²) in [5.74, 6) is 0. The smallest absolute Gasteiger partial charge is 0.0599 e. The Labute approximate surface area is 109 Å². The maximum Gasteiger partial charge on any atom is 0.0599 e. The molecule has 0 aromatic carbocycles. The summed E-state index contributed by atoms with van der Waals surface area (Å²) in [6, 6.07) is 6.09. The molecule has 0 saturated carbocycles. The highest BCUT2D eigenvalue weighted by molar-refractivity contribution is 5.03. The van der Waals surface area contributed by atoms with Crippen LogP contribution in [0.3, 0.4) is 0 Å². The molecule has 2 heterocycles. The van der Waals surface area contributed by atoms with Gasteiger partial charge in [0.25, 0.3) is 0 Å². The van der Waals surface area contributed by atoms with Crippen LogP contribution >= 0.6 is 0 Å². The van der Waals surface area contributed by atoms with Gasteiger partial charge in [0, 0.05) is 32.4 Å². The summed E-state index contributed by atoms with van der Waals surface area (Å²) in [5.41, 5.74) is 6.61. The van der Waals surface area contributed by atoms with E-state index in [1.807, 2.05) is 18.3 Å². The van der Waals surface area contributed by atoms with E-state index >= 15 is 0 Å². The van der Waals surface area contributed by atoms with Gasteiger partial charge in [-0.25, -0.2) is 0 Å². The summed E-state index contributed by atoms with van der Waals surface area (Å²) in [7, 11) is 0. The number of nitrogens with zero attached hydrogens (tertiary/aromatic N) is 2. The number of hydrogen-bond donors (Lipinski definition) is 1. The zero-order chi connectivity index (χ0) is 12.6. The molecule has 0 amide bonds. The molecule has 1 fully saturated rings. The second-order valence-electron chi connectivity index (χ2n) is 4.81. The normalized spacial score (nSPS) is 18.1. The molecule has 0 radical (unpaired) electrons. The van der Waals surface area contributed by atoms with E-state index in [0.29, 0.717) is 6.10 Å². The summed E-state index contributed by atoms with van der Waals surface area (Å²) in [4.78, 5) is 6.82. The lowest BCUT2D eigenvalue weighted by Crippen LogP contribution is -2.37. The molecular formula is C14H23N3O. The van der Waals surface area contributed by atoms with Gasteiger partial charge in [0.15, 0.2) is 0 Å². The first kappa shape index (κ1) is 13.5. The number of likely N-dealkylation sites (tertiary alicyclic amines) is 1. The van der Waals surface area contributed by atoms with Crippen molar-refractivity contribution in [2.75, 3.05) is 26.2 Å². The summed E-state index contributed by atoms with van der Waals surface area (Å²) in [5, 5.41) is 0. The maximum absolute atomic E-state index is 5.80. The van der Waals surface area contributed by atoms with Crippen LogP contribution in [0.2, 0.25) is 0 Å². The SMILES string of the molecule is NCCCOC1CCN(Cc2ccccn2)CC1. The average Bonchev–Trinajstić information content (AvgIpc) is 2.42. The van der Waals surface area contributed by atoms with Crippen molar-refractivity contribution in [3.05, 3.63) is 30.1 Å². The third-order valence-electron chi connectivity index (χ3n) is 3.35. The Balaban J connectivity index is 1.67. The van der Waals surface area contributed by atoms with Gasteiger partial charge in [0.05, 0.1) is 11.8 Å². The van der Waals surface area contributed by atoms with Gasteiger partial charge in [0.1, 0.15) is 0 Å². The van der Waals surface area contributed by atoms with Gasteiger partial charge in [-0.2, -0.15) is 0 Å². The van der Waals surface area contributed by atoms with Gasteiger partial charge in [-0.3, -0.25) is 9.88 Å². The Morgan fingerprint density at radius 2 is 2.17 bits per heavy atom. The predicted octanol–water partition coefficient (Wildman–Crippen LogP) is 1.41. The molecule has 0 atom stereocenters. The van der Waals surface area contributed by atoms with Crippen LogP contribution in [0.25, 0.3) is 0 Å². The molecule has 0 bridgehead atoms. The molecular weight excluding hydrogens is 226 g/mol. The number of piperidine rings is 1. The number of aromatic nitrogens is 1. The van der Waals surface area contributed by atoms with Crippen molar-refractivity contribution in [3.8, 4) is 0 Å². The number of hydrogen-bond acceptors (Lipinski definition) is 4. The van der Waals surface area contributed by atoms with E-state index in [-0.39, 0.29) is 0 Å². The van der Waals surface area contributed by atoms with Gasteiger partial charge in [0.2, 0.25) is 0 Å². The molecule has 2 N–H and O–H groups in total. The summed E-state index contributed by atoms with van der Waals surface area (Å²) >= 11 is 0. The van der Waals surface area contributed by atoms with Crippen molar-refractivity contribution in [3.63, 3.8) is 0 Å². The van der Waals surface area contributed by atoms with Crippen molar-refractivity contribution in [1.29, 1.82) is 0 Å². The topological polar surface area (TPSA) is 51.4 Å². The largest absolute Gasteiger partial charge is 0.378 e. The fraction of sp³-hybridized carbons (Fsp3) is 0.643. The molecule has 100 valence electrons. The van der Waals surface area contributed by atoms with Crippen molar-refractivity contribution in [2.45, 2.75) is 31.9 Å². The zero-order valence-corrected chi connectivity index (χ0v) is 10.9. The lowest BCUT2D eigenvalue weighted by Gasteiger charge is -2.31. The van der Waals surface area contributed by atoms with Crippen LogP contribution in [0.15, 0.2) is 24.4 Å². The Morgan fingerprint density at radius 1 is 1.33 bits per heavy atom. The Morgan fingerprint density at radius 3 is 2.83 bits per heavy atom. The first-order valence-electron chi connectivity index (χ1n) is 6.82. The molecule has 18 heavy (non-hydrogen) atoms. The molecule has 0 unspecified atom stereocenters. The summed E-state index contributed by atoms with van der Waals surface area (Å²) < 4.78 is 5.80. The van der Waals surface area contributed by atoms with Crippen molar-refractivity contribution < 1.29 is 4.74 Å². The minimum absolute atomic E-state index is 0.427. The van der Waals surface area contributed by atoms with E-state index in [2.05, 4.69) is 16.0 Å². The third-order valence-corrected chi connectivity index (χ3v) is 3.35. The third kappa shape index (κ3) is 4.37. The average molecular weight is 249 g/mol. The van der Waals surface area contributed by atoms with Crippen LogP contribution in [0.4, 0.5) is 0 Å². The predicted molar refractivity (Wildman–Crippen MR) is 72.2 cm³/mol. The second kappa shape index (κ2) is 7.46. The zero-order valence-electron chi connectivity index (χ0n) is 10.9. The van der Waals surface area contributed by atoms with Gasteiger partial charge >= 0.3 is 0 Å². The highest BCUT2D eigenvalue weighted by Crippen LogP contribution is 2.15. The van der Waals surface area contributed by atoms with Crippen molar-refractivity contribution in [2.24, 2.45) is 5.73 Å². The minimum Gasteiger partial charge on any atom is -0.378 e.